The van der Waals surface area contributed by atoms with Gasteiger partial charge in [-0.3, -0.25) is 18.6 Å². The Balaban J connectivity index is 4.04. The molecule has 0 saturated heterocycles. The van der Waals surface area contributed by atoms with Crippen LogP contribution < -0.4 is 5.73 Å². The number of hydrogen-bond donors (Lipinski definition) is 2. The minimum Gasteiger partial charge on any atom is -0.462 e. The molecular formula is C67H110NO8P. The van der Waals surface area contributed by atoms with Crippen LogP contribution >= 0.6 is 7.82 Å². The zero-order chi connectivity index (χ0) is 55.9. The van der Waals surface area contributed by atoms with Gasteiger partial charge in [-0.05, 0) is 116 Å². The van der Waals surface area contributed by atoms with Crippen LogP contribution in [0.25, 0.3) is 0 Å². The Morgan fingerprint density at radius 1 is 0.390 bits per heavy atom. The van der Waals surface area contributed by atoms with Gasteiger partial charge in [0.1, 0.15) is 6.61 Å². The molecule has 3 N–H and O–H groups in total. The summed E-state index contributed by atoms with van der Waals surface area (Å²) >= 11 is 0. The van der Waals surface area contributed by atoms with E-state index in [1.165, 1.54) is 64.2 Å². The fourth-order valence-corrected chi connectivity index (χ4v) is 8.58. The fraction of sp³-hybridized carbons (Fsp3) is 0.612. The summed E-state index contributed by atoms with van der Waals surface area (Å²) in [6.45, 7) is 3.49. The topological polar surface area (TPSA) is 134 Å². The summed E-state index contributed by atoms with van der Waals surface area (Å²) in [5, 5.41) is 0. The molecule has 0 aliphatic carbocycles. The second kappa shape index (κ2) is 61.1. The Kier molecular flexibility index (Phi) is 57.8. The van der Waals surface area contributed by atoms with Crippen molar-refractivity contribution in [3.05, 3.63) is 146 Å². The molecule has 2 unspecified atom stereocenters. The van der Waals surface area contributed by atoms with Crippen molar-refractivity contribution in [3.8, 4) is 0 Å². The Labute approximate surface area is 471 Å². The normalized spacial score (nSPS) is 14.1. The molecule has 0 aromatic rings. The van der Waals surface area contributed by atoms with E-state index < -0.39 is 32.5 Å². The maximum absolute atomic E-state index is 12.7. The third-order valence-corrected chi connectivity index (χ3v) is 13.2. The predicted molar refractivity (Wildman–Crippen MR) is 330 cm³/mol. The molecule has 77 heavy (non-hydrogen) atoms. The van der Waals surface area contributed by atoms with Crippen molar-refractivity contribution in [1.29, 1.82) is 0 Å². The summed E-state index contributed by atoms with van der Waals surface area (Å²) in [4.78, 5) is 35.3. The van der Waals surface area contributed by atoms with E-state index in [1.807, 2.05) is 0 Å². The summed E-state index contributed by atoms with van der Waals surface area (Å²) in [7, 11) is -4.40. The van der Waals surface area contributed by atoms with Crippen molar-refractivity contribution in [2.75, 3.05) is 26.4 Å². The number of esters is 2. The van der Waals surface area contributed by atoms with Gasteiger partial charge in [-0.15, -0.1) is 0 Å². The SMILES string of the molecule is CC/C=C\C/C=C\C/C=C\C/C=C\C/C=C\C/C=C\C/C=C\CCCCCCCCCCCC(=O)OC(COC(=O)CCCCCCCCCCC/C=C\C/C=C\C/C=C\C/C=C\C/C=C\CC)COP(=O)(O)OCCN. The zero-order valence-corrected chi connectivity index (χ0v) is 49.5. The highest BCUT2D eigenvalue weighted by Gasteiger charge is 2.26. The Morgan fingerprint density at radius 3 is 1.00 bits per heavy atom. The van der Waals surface area contributed by atoms with Gasteiger partial charge in [-0.1, -0.05) is 250 Å². The van der Waals surface area contributed by atoms with Crippen LogP contribution in [0.4, 0.5) is 0 Å². The molecule has 9 nitrogen and oxygen atoms in total. The molecule has 0 bridgehead atoms. The van der Waals surface area contributed by atoms with Crippen LogP contribution in [0.1, 0.15) is 232 Å². The van der Waals surface area contributed by atoms with Gasteiger partial charge in [0.15, 0.2) is 6.10 Å². The number of rotatable bonds is 55. The average Bonchev–Trinajstić information content (AvgIpc) is 3.42. The molecular weight excluding hydrogens is 978 g/mol. The van der Waals surface area contributed by atoms with Crippen LogP contribution in [0.5, 0.6) is 0 Å². The molecule has 0 fully saturated rings. The van der Waals surface area contributed by atoms with Crippen molar-refractivity contribution in [2.24, 2.45) is 5.73 Å². The highest BCUT2D eigenvalue weighted by Crippen LogP contribution is 2.43. The third-order valence-electron chi connectivity index (χ3n) is 12.2. The average molecular weight is 1090 g/mol. The maximum Gasteiger partial charge on any atom is 0.472 e. The molecule has 0 heterocycles. The lowest BCUT2D eigenvalue weighted by Gasteiger charge is -2.19. The van der Waals surface area contributed by atoms with Gasteiger partial charge in [0, 0.05) is 19.4 Å². The van der Waals surface area contributed by atoms with E-state index in [-0.39, 0.29) is 32.6 Å². The van der Waals surface area contributed by atoms with Gasteiger partial charge in [0.25, 0.3) is 0 Å². The molecule has 0 saturated carbocycles. The summed E-state index contributed by atoms with van der Waals surface area (Å²) in [6.07, 6.45) is 87.5. The van der Waals surface area contributed by atoms with E-state index in [9.17, 15) is 19.0 Å². The van der Waals surface area contributed by atoms with Gasteiger partial charge in [0.05, 0.1) is 13.2 Å². The first-order chi connectivity index (χ1) is 37.8. The quantitative estimate of drug-likeness (QED) is 0.0264. The molecule has 0 rings (SSSR count). The lowest BCUT2D eigenvalue weighted by Crippen LogP contribution is -2.29. The number of nitrogens with two attached hydrogens (primary N) is 1. The van der Waals surface area contributed by atoms with Gasteiger partial charge in [-0.25, -0.2) is 4.57 Å². The van der Waals surface area contributed by atoms with Gasteiger partial charge < -0.3 is 20.1 Å². The van der Waals surface area contributed by atoms with Crippen molar-refractivity contribution in [2.45, 2.75) is 238 Å². The first-order valence-corrected chi connectivity index (χ1v) is 31.8. The first-order valence-electron chi connectivity index (χ1n) is 30.3. The van der Waals surface area contributed by atoms with E-state index in [2.05, 4.69) is 160 Å². The molecule has 0 spiro atoms. The van der Waals surface area contributed by atoms with Crippen molar-refractivity contribution in [1.82, 2.24) is 0 Å². The van der Waals surface area contributed by atoms with Crippen molar-refractivity contribution in [3.63, 3.8) is 0 Å². The second-order valence-electron chi connectivity index (χ2n) is 19.5. The second-order valence-corrected chi connectivity index (χ2v) is 20.9. The summed E-state index contributed by atoms with van der Waals surface area (Å²) in [5.41, 5.74) is 5.39. The van der Waals surface area contributed by atoms with Crippen molar-refractivity contribution >= 4 is 19.8 Å². The molecule has 2 atom stereocenters. The van der Waals surface area contributed by atoms with Crippen LogP contribution in [0, 0.1) is 0 Å². The monoisotopic (exact) mass is 1090 g/mol. The fourth-order valence-electron chi connectivity index (χ4n) is 7.82. The lowest BCUT2D eigenvalue weighted by atomic mass is 10.1. The van der Waals surface area contributed by atoms with E-state index in [1.54, 1.807) is 0 Å². The smallest absolute Gasteiger partial charge is 0.462 e. The summed E-state index contributed by atoms with van der Waals surface area (Å²) in [5.74, 6) is -0.850. The number of ether oxygens (including phenoxy) is 2. The molecule has 0 aromatic carbocycles. The van der Waals surface area contributed by atoms with E-state index in [0.29, 0.717) is 6.42 Å². The molecule has 0 aliphatic heterocycles. The van der Waals surface area contributed by atoms with E-state index >= 15 is 0 Å². The van der Waals surface area contributed by atoms with E-state index in [4.69, 9.17) is 24.3 Å². The Bertz CT molecular complexity index is 1770. The highest BCUT2D eigenvalue weighted by molar-refractivity contribution is 7.47. The number of allylic oxidation sites excluding steroid dienone is 24. The minimum absolute atomic E-state index is 0.0437. The number of hydrogen-bond acceptors (Lipinski definition) is 8. The minimum atomic E-state index is -4.40. The van der Waals surface area contributed by atoms with Gasteiger partial charge in [-0.2, -0.15) is 0 Å². The Hall–Kier alpha value is -4.11. The van der Waals surface area contributed by atoms with Crippen LogP contribution in [0.15, 0.2) is 146 Å². The van der Waals surface area contributed by atoms with Crippen molar-refractivity contribution < 1.29 is 37.6 Å². The number of phosphoric ester groups is 1. The number of carbonyl (C=O) groups excluding carboxylic acids is 2. The molecule has 436 valence electrons. The zero-order valence-electron chi connectivity index (χ0n) is 48.6. The molecule has 0 radical (unpaired) electrons. The predicted octanol–water partition coefficient (Wildman–Crippen LogP) is 19.5. The summed E-state index contributed by atoms with van der Waals surface area (Å²) in [6, 6.07) is 0. The lowest BCUT2D eigenvalue weighted by molar-refractivity contribution is -0.161. The number of unbranched alkanes of at least 4 members (excludes halogenated alkanes) is 18. The number of carbonyl (C=O) groups is 2. The van der Waals surface area contributed by atoms with Gasteiger partial charge >= 0.3 is 19.8 Å². The van der Waals surface area contributed by atoms with Crippen LogP contribution in [-0.4, -0.2) is 49.3 Å². The largest absolute Gasteiger partial charge is 0.472 e. The third kappa shape index (κ3) is 61.0. The van der Waals surface area contributed by atoms with Crippen LogP contribution in [0.2, 0.25) is 0 Å². The van der Waals surface area contributed by atoms with Crippen LogP contribution in [-0.2, 0) is 32.7 Å². The maximum atomic E-state index is 12.7. The highest BCUT2D eigenvalue weighted by atomic mass is 31.2. The summed E-state index contributed by atoms with van der Waals surface area (Å²) < 4.78 is 33.1. The molecule has 0 amide bonds. The first kappa shape index (κ1) is 72.9. The van der Waals surface area contributed by atoms with E-state index in [0.717, 1.165) is 135 Å². The molecule has 0 aromatic heterocycles. The van der Waals surface area contributed by atoms with Gasteiger partial charge in [0.2, 0.25) is 0 Å². The Morgan fingerprint density at radius 2 is 0.675 bits per heavy atom. The standard InChI is InChI=1S/C67H110NO8P/c1-3-5-7-9-11-13-15-17-19-21-23-25-27-29-30-31-32-33-34-36-38-40-42-44-46-48-50-52-54-56-58-60-67(70)76-65(64-75-77(71,72)74-62-61-68)63-73-66(69)59-57-55-53-51-49-47-45-43-41-39-37-35-28-26-24-22-20-18-16-14-12-10-8-6-4-2/h5-8,11-14,17-20,23-26,29-30,32-33,35-38,65H,3-4,9-10,15-16,21-22,27-28,31,34,39-64,68H2,1-2H3,(H,71,72)/b7-5-,8-6-,13-11-,14-12-,19-17-,20-18-,25-23-,26-24-,30-29-,33-32-,37-35-,38-36-. The molecule has 0 aliphatic rings. The van der Waals surface area contributed by atoms with Crippen LogP contribution in [0.3, 0.4) is 0 Å². The number of phosphoric acid groups is 1. The molecule has 10 heteroatoms.